The summed E-state index contributed by atoms with van der Waals surface area (Å²) in [4.78, 5) is 7.92. The average molecular weight is 175 g/mol. The summed E-state index contributed by atoms with van der Waals surface area (Å²) < 4.78 is 1.86. The predicted molar refractivity (Wildman–Crippen MR) is 47.3 cm³/mol. The van der Waals surface area contributed by atoms with Gasteiger partial charge in [0.05, 0.1) is 18.6 Å². The quantitative estimate of drug-likeness (QED) is 0.733. The van der Waals surface area contributed by atoms with Crippen LogP contribution in [0, 0.1) is 0 Å². The fraction of sp³-hybridized carbons (Fsp3) is 0.111. The second-order valence-corrected chi connectivity index (χ2v) is 2.63. The van der Waals surface area contributed by atoms with E-state index in [1.807, 2.05) is 22.9 Å². The lowest BCUT2D eigenvalue weighted by molar-refractivity contribution is 0.277. The first-order valence-corrected chi connectivity index (χ1v) is 3.94. The van der Waals surface area contributed by atoms with Gasteiger partial charge in [-0.15, -0.1) is 0 Å². The third-order valence-electron chi connectivity index (χ3n) is 1.76. The second kappa shape index (κ2) is 3.37. The molecule has 0 radical (unpaired) electrons. The van der Waals surface area contributed by atoms with Crippen LogP contribution in [-0.2, 0) is 6.61 Å². The number of pyridine rings is 1. The maximum absolute atomic E-state index is 8.87. The van der Waals surface area contributed by atoms with E-state index in [0.717, 1.165) is 5.69 Å². The van der Waals surface area contributed by atoms with Crippen LogP contribution in [0.1, 0.15) is 5.69 Å². The lowest BCUT2D eigenvalue weighted by Crippen LogP contribution is -1.94. The number of aliphatic hydroxyl groups excluding tert-OH is 1. The number of imidazole rings is 1. The van der Waals surface area contributed by atoms with Crippen LogP contribution in [0.2, 0.25) is 0 Å². The molecule has 13 heavy (non-hydrogen) atoms. The van der Waals surface area contributed by atoms with E-state index in [0.29, 0.717) is 5.69 Å². The van der Waals surface area contributed by atoms with Crippen LogP contribution in [0.4, 0.5) is 0 Å². The van der Waals surface area contributed by atoms with Crippen molar-refractivity contribution in [1.82, 2.24) is 14.5 Å². The van der Waals surface area contributed by atoms with Crippen LogP contribution in [0.15, 0.2) is 37.1 Å². The van der Waals surface area contributed by atoms with Crippen molar-refractivity contribution < 1.29 is 5.11 Å². The molecule has 0 unspecified atom stereocenters. The van der Waals surface area contributed by atoms with E-state index in [1.54, 1.807) is 18.7 Å². The van der Waals surface area contributed by atoms with Gasteiger partial charge in [-0.25, -0.2) is 4.98 Å². The summed E-state index contributed by atoms with van der Waals surface area (Å²) >= 11 is 0. The fourth-order valence-corrected chi connectivity index (χ4v) is 1.12. The summed E-state index contributed by atoms with van der Waals surface area (Å²) in [7, 11) is 0. The van der Waals surface area contributed by atoms with Crippen molar-refractivity contribution in [2.75, 3.05) is 0 Å². The smallest absolute Gasteiger partial charge is 0.0991 e. The van der Waals surface area contributed by atoms with Crippen molar-refractivity contribution in [3.05, 3.63) is 42.7 Å². The molecule has 2 rings (SSSR count). The fourth-order valence-electron chi connectivity index (χ4n) is 1.12. The van der Waals surface area contributed by atoms with Gasteiger partial charge >= 0.3 is 0 Å². The Balaban J connectivity index is 2.41. The van der Waals surface area contributed by atoms with Gasteiger partial charge in [-0.3, -0.25) is 4.98 Å². The van der Waals surface area contributed by atoms with E-state index in [4.69, 9.17) is 5.11 Å². The third-order valence-corrected chi connectivity index (χ3v) is 1.76. The Kier molecular flexibility index (Phi) is 2.06. The van der Waals surface area contributed by atoms with Gasteiger partial charge in [-0.1, -0.05) is 0 Å². The van der Waals surface area contributed by atoms with Crippen molar-refractivity contribution in [2.24, 2.45) is 0 Å². The molecule has 0 atom stereocenters. The second-order valence-electron chi connectivity index (χ2n) is 2.63. The Morgan fingerprint density at radius 2 is 2.31 bits per heavy atom. The average Bonchev–Trinajstić information content (AvgIpc) is 2.71. The highest BCUT2D eigenvalue weighted by Crippen LogP contribution is 2.07. The molecule has 0 aliphatic carbocycles. The van der Waals surface area contributed by atoms with Gasteiger partial charge < -0.3 is 9.67 Å². The van der Waals surface area contributed by atoms with Crippen LogP contribution in [0.5, 0.6) is 0 Å². The molecule has 4 nitrogen and oxygen atoms in total. The summed E-state index contributed by atoms with van der Waals surface area (Å²) in [6.45, 7) is -0.0391. The number of aliphatic hydroxyl groups is 1. The van der Waals surface area contributed by atoms with Gasteiger partial charge in [0.25, 0.3) is 0 Å². The van der Waals surface area contributed by atoms with Gasteiger partial charge in [0.15, 0.2) is 0 Å². The van der Waals surface area contributed by atoms with E-state index in [-0.39, 0.29) is 6.61 Å². The Labute approximate surface area is 75.5 Å². The van der Waals surface area contributed by atoms with Crippen LogP contribution in [-0.4, -0.2) is 19.6 Å². The Hall–Kier alpha value is -1.68. The molecule has 0 amide bonds. The van der Waals surface area contributed by atoms with E-state index >= 15 is 0 Å². The molecule has 0 aliphatic heterocycles. The van der Waals surface area contributed by atoms with Crippen molar-refractivity contribution >= 4 is 0 Å². The molecule has 0 aliphatic rings. The topological polar surface area (TPSA) is 50.9 Å². The Morgan fingerprint density at radius 1 is 1.38 bits per heavy atom. The molecule has 2 heterocycles. The molecule has 66 valence electrons. The van der Waals surface area contributed by atoms with Crippen molar-refractivity contribution in [3.63, 3.8) is 0 Å². The summed E-state index contributed by atoms with van der Waals surface area (Å²) in [5.74, 6) is 0. The maximum Gasteiger partial charge on any atom is 0.0991 e. The highest BCUT2D eigenvalue weighted by atomic mass is 16.3. The van der Waals surface area contributed by atoms with Gasteiger partial charge in [0.1, 0.15) is 0 Å². The molecular weight excluding hydrogens is 166 g/mol. The maximum atomic E-state index is 8.87. The minimum Gasteiger partial charge on any atom is -0.390 e. The van der Waals surface area contributed by atoms with E-state index < -0.39 is 0 Å². The lowest BCUT2D eigenvalue weighted by Gasteiger charge is -2.02. The molecule has 2 aromatic heterocycles. The monoisotopic (exact) mass is 175 g/mol. The minimum absolute atomic E-state index is 0.0391. The number of nitrogens with zero attached hydrogens (tertiary/aromatic N) is 3. The van der Waals surface area contributed by atoms with Gasteiger partial charge in [0.2, 0.25) is 0 Å². The first-order chi connectivity index (χ1) is 6.40. The first-order valence-electron chi connectivity index (χ1n) is 3.94. The largest absolute Gasteiger partial charge is 0.390 e. The van der Waals surface area contributed by atoms with Crippen molar-refractivity contribution in [1.29, 1.82) is 0 Å². The minimum atomic E-state index is -0.0391. The third kappa shape index (κ3) is 1.57. The van der Waals surface area contributed by atoms with Crippen LogP contribution in [0.25, 0.3) is 5.69 Å². The SMILES string of the molecule is OCc1cc(-n2ccnc2)ccn1. The van der Waals surface area contributed by atoms with Crippen molar-refractivity contribution in [3.8, 4) is 5.69 Å². The van der Waals surface area contributed by atoms with Gasteiger partial charge in [-0.2, -0.15) is 0 Å². The number of aromatic nitrogens is 3. The van der Waals surface area contributed by atoms with Crippen molar-refractivity contribution in [2.45, 2.75) is 6.61 Å². The highest BCUT2D eigenvalue weighted by molar-refractivity contribution is 5.31. The number of hydrogen-bond donors (Lipinski definition) is 1. The highest BCUT2D eigenvalue weighted by Gasteiger charge is 1.96. The van der Waals surface area contributed by atoms with E-state index in [2.05, 4.69) is 9.97 Å². The molecule has 1 N–H and O–H groups in total. The molecule has 0 fully saturated rings. The molecule has 0 saturated carbocycles. The zero-order valence-corrected chi connectivity index (χ0v) is 6.96. The molecular formula is C9H9N3O. The number of hydrogen-bond acceptors (Lipinski definition) is 3. The predicted octanol–water partition coefficient (Wildman–Crippen LogP) is 0.760. The number of rotatable bonds is 2. The molecule has 0 spiro atoms. The zero-order valence-electron chi connectivity index (χ0n) is 6.96. The normalized spacial score (nSPS) is 10.2. The summed E-state index contributed by atoms with van der Waals surface area (Å²) in [5, 5.41) is 8.87. The summed E-state index contributed by atoms with van der Waals surface area (Å²) in [6.07, 6.45) is 6.92. The molecule has 0 saturated heterocycles. The summed E-state index contributed by atoms with van der Waals surface area (Å²) in [6, 6.07) is 3.68. The Bertz CT molecular complexity index is 384. The van der Waals surface area contributed by atoms with Crippen LogP contribution in [0.3, 0.4) is 0 Å². The lowest BCUT2D eigenvalue weighted by atomic mass is 10.3. The van der Waals surface area contributed by atoms with Crippen LogP contribution >= 0.6 is 0 Å². The molecule has 4 heteroatoms. The summed E-state index contributed by atoms with van der Waals surface area (Å²) in [5.41, 5.74) is 1.61. The molecule has 0 aromatic carbocycles. The standard InChI is InChI=1S/C9H9N3O/c13-6-8-5-9(1-2-11-8)12-4-3-10-7-12/h1-5,7,13H,6H2. The van der Waals surface area contributed by atoms with Gasteiger partial charge in [-0.05, 0) is 12.1 Å². The van der Waals surface area contributed by atoms with E-state index in [1.165, 1.54) is 0 Å². The molecule has 0 bridgehead atoms. The van der Waals surface area contributed by atoms with E-state index in [9.17, 15) is 0 Å². The Morgan fingerprint density at radius 3 is 3.00 bits per heavy atom. The first kappa shape index (κ1) is 7.94. The van der Waals surface area contributed by atoms with Gasteiger partial charge in [0, 0.05) is 24.3 Å². The zero-order chi connectivity index (χ0) is 9.10. The van der Waals surface area contributed by atoms with Crippen LogP contribution < -0.4 is 0 Å². The molecule has 2 aromatic rings.